The number of aryl methyl sites for hydroxylation is 1. The Morgan fingerprint density at radius 1 is 1.14 bits per heavy atom. The largest absolute Gasteiger partial charge is 0.379 e. The Balaban J connectivity index is 1.61. The molecule has 0 saturated carbocycles. The summed E-state index contributed by atoms with van der Waals surface area (Å²) in [6.07, 6.45) is 2.96. The van der Waals surface area contributed by atoms with Crippen LogP contribution in [-0.2, 0) is 19.6 Å². The number of amides is 2. The maximum Gasteiger partial charge on any atom is 0.269 e. The van der Waals surface area contributed by atoms with Crippen molar-refractivity contribution in [2.45, 2.75) is 11.8 Å². The van der Waals surface area contributed by atoms with Crippen LogP contribution in [0.4, 0.5) is 0 Å². The standard InChI is InChI=1S/C19H21N3O5S2/c1-14-5-6-16(28-14)7-8-18(23)20-21-19(24)15-3-2-4-17(13-15)29(25,26)22-9-11-27-12-10-22/h2-8,13H,9-12H2,1H3,(H,20,23)(H,21,24)/b8-7+. The first-order valence-electron chi connectivity index (χ1n) is 8.89. The fourth-order valence-electron chi connectivity index (χ4n) is 2.67. The molecule has 1 aliphatic rings. The first-order valence-corrected chi connectivity index (χ1v) is 11.1. The average molecular weight is 436 g/mol. The van der Waals surface area contributed by atoms with Crippen molar-refractivity contribution >= 4 is 39.3 Å². The summed E-state index contributed by atoms with van der Waals surface area (Å²) in [4.78, 5) is 26.2. The zero-order valence-electron chi connectivity index (χ0n) is 15.8. The van der Waals surface area contributed by atoms with Crippen molar-refractivity contribution in [1.82, 2.24) is 15.2 Å². The first kappa shape index (κ1) is 21.2. The summed E-state index contributed by atoms with van der Waals surface area (Å²) in [6, 6.07) is 9.53. The van der Waals surface area contributed by atoms with Crippen LogP contribution in [0.1, 0.15) is 20.1 Å². The third-order valence-electron chi connectivity index (χ3n) is 4.16. The predicted octanol–water partition coefficient (Wildman–Crippen LogP) is 1.55. The lowest BCUT2D eigenvalue weighted by Crippen LogP contribution is -2.41. The van der Waals surface area contributed by atoms with Crippen molar-refractivity contribution in [3.8, 4) is 0 Å². The van der Waals surface area contributed by atoms with Gasteiger partial charge < -0.3 is 4.74 Å². The van der Waals surface area contributed by atoms with Gasteiger partial charge in [0, 0.05) is 34.5 Å². The number of rotatable bonds is 5. The SMILES string of the molecule is Cc1ccc(/C=C/C(=O)NNC(=O)c2cccc(S(=O)(=O)N3CCOCC3)c2)s1. The molecule has 2 aromatic rings. The van der Waals surface area contributed by atoms with Crippen molar-refractivity contribution < 1.29 is 22.7 Å². The van der Waals surface area contributed by atoms with E-state index >= 15 is 0 Å². The van der Waals surface area contributed by atoms with E-state index in [1.807, 2.05) is 19.1 Å². The van der Waals surface area contributed by atoms with Crippen LogP contribution in [-0.4, -0.2) is 50.8 Å². The minimum atomic E-state index is -3.71. The lowest BCUT2D eigenvalue weighted by molar-refractivity contribution is -0.117. The van der Waals surface area contributed by atoms with Gasteiger partial charge >= 0.3 is 0 Å². The lowest BCUT2D eigenvalue weighted by atomic mass is 10.2. The summed E-state index contributed by atoms with van der Waals surface area (Å²) >= 11 is 1.54. The van der Waals surface area contributed by atoms with Crippen LogP contribution >= 0.6 is 11.3 Å². The van der Waals surface area contributed by atoms with E-state index in [1.165, 1.54) is 34.6 Å². The molecule has 2 heterocycles. The van der Waals surface area contributed by atoms with Crippen molar-refractivity contribution in [2.75, 3.05) is 26.3 Å². The number of thiophene rings is 1. The molecule has 3 rings (SSSR count). The van der Waals surface area contributed by atoms with Gasteiger partial charge in [0.1, 0.15) is 0 Å². The van der Waals surface area contributed by atoms with Crippen molar-refractivity contribution in [1.29, 1.82) is 0 Å². The zero-order valence-corrected chi connectivity index (χ0v) is 17.4. The van der Waals surface area contributed by atoms with Gasteiger partial charge in [-0.3, -0.25) is 20.4 Å². The molecular formula is C19H21N3O5S2. The van der Waals surface area contributed by atoms with Crippen LogP contribution in [0.3, 0.4) is 0 Å². The number of ether oxygens (including phenoxy) is 1. The highest BCUT2D eigenvalue weighted by Gasteiger charge is 2.26. The molecule has 2 amide bonds. The van der Waals surface area contributed by atoms with Crippen LogP contribution in [0.5, 0.6) is 0 Å². The molecule has 0 bridgehead atoms. The number of sulfonamides is 1. The molecule has 0 aliphatic carbocycles. The summed E-state index contributed by atoms with van der Waals surface area (Å²) in [6.45, 7) is 3.18. The topological polar surface area (TPSA) is 105 Å². The molecule has 29 heavy (non-hydrogen) atoms. The second-order valence-electron chi connectivity index (χ2n) is 6.27. The Hall–Kier alpha value is -2.53. The average Bonchev–Trinajstić information content (AvgIpc) is 3.16. The highest BCUT2D eigenvalue weighted by Crippen LogP contribution is 2.18. The van der Waals surface area contributed by atoms with Crippen LogP contribution in [0.25, 0.3) is 6.08 Å². The molecule has 1 aromatic heterocycles. The molecule has 0 spiro atoms. The molecule has 0 radical (unpaired) electrons. The molecule has 1 fully saturated rings. The predicted molar refractivity (Wildman–Crippen MR) is 110 cm³/mol. The van der Waals surface area contributed by atoms with E-state index < -0.39 is 21.8 Å². The first-order chi connectivity index (χ1) is 13.9. The van der Waals surface area contributed by atoms with E-state index in [0.717, 1.165) is 9.75 Å². The summed E-state index contributed by atoms with van der Waals surface area (Å²) in [5.74, 6) is -1.11. The Morgan fingerprint density at radius 2 is 1.90 bits per heavy atom. The maximum absolute atomic E-state index is 12.7. The van der Waals surface area contributed by atoms with E-state index in [2.05, 4.69) is 10.9 Å². The normalized spacial score (nSPS) is 15.3. The minimum Gasteiger partial charge on any atom is -0.379 e. The van der Waals surface area contributed by atoms with Gasteiger partial charge in [-0.2, -0.15) is 4.31 Å². The Morgan fingerprint density at radius 3 is 2.59 bits per heavy atom. The second kappa shape index (κ2) is 9.31. The highest BCUT2D eigenvalue weighted by molar-refractivity contribution is 7.89. The van der Waals surface area contributed by atoms with Gasteiger partial charge in [-0.25, -0.2) is 8.42 Å². The quantitative estimate of drug-likeness (QED) is 0.548. The zero-order chi connectivity index (χ0) is 20.9. The van der Waals surface area contributed by atoms with Crippen LogP contribution < -0.4 is 10.9 Å². The summed E-state index contributed by atoms with van der Waals surface area (Å²) < 4.78 is 31.9. The number of hydrogen-bond donors (Lipinski definition) is 2. The number of carbonyl (C=O) groups is 2. The summed E-state index contributed by atoms with van der Waals surface area (Å²) in [7, 11) is -3.71. The highest BCUT2D eigenvalue weighted by atomic mass is 32.2. The number of hydrogen-bond acceptors (Lipinski definition) is 6. The van der Waals surface area contributed by atoms with E-state index in [4.69, 9.17) is 4.74 Å². The van der Waals surface area contributed by atoms with Crippen LogP contribution in [0.15, 0.2) is 47.4 Å². The van der Waals surface area contributed by atoms with Gasteiger partial charge in [-0.05, 0) is 43.3 Å². The maximum atomic E-state index is 12.7. The van der Waals surface area contributed by atoms with Gasteiger partial charge in [0.25, 0.3) is 11.8 Å². The van der Waals surface area contributed by atoms with Gasteiger partial charge in [0.2, 0.25) is 10.0 Å². The third-order valence-corrected chi connectivity index (χ3v) is 7.02. The monoisotopic (exact) mass is 435 g/mol. The van der Waals surface area contributed by atoms with Gasteiger partial charge in [-0.1, -0.05) is 6.07 Å². The number of nitrogens with one attached hydrogen (secondary N) is 2. The molecule has 0 atom stereocenters. The number of carbonyl (C=O) groups excluding carboxylic acids is 2. The third kappa shape index (κ3) is 5.51. The molecule has 0 unspecified atom stereocenters. The second-order valence-corrected chi connectivity index (χ2v) is 9.53. The van der Waals surface area contributed by atoms with Gasteiger partial charge in [-0.15, -0.1) is 11.3 Å². The molecule has 154 valence electrons. The van der Waals surface area contributed by atoms with Crippen molar-refractivity contribution in [3.63, 3.8) is 0 Å². The summed E-state index contributed by atoms with van der Waals surface area (Å²) in [5, 5.41) is 0. The van der Waals surface area contributed by atoms with E-state index in [0.29, 0.717) is 13.2 Å². The molecular weight excluding hydrogens is 414 g/mol. The molecule has 8 nitrogen and oxygen atoms in total. The van der Waals surface area contributed by atoms with Crippen molar-refractivity contribution in [3.05, 3.63) is 57.8 Å². The number of morpholine rings is 1. The smallest absolute Gasteiger partial charge is 0.269 e. The Labute approximate surface area is 173 Å². The Bertz CT molecular complexity index is 1020. The number of nitrogens with zero attached hydrogens (tertiary/aromatic N) is 1. The molecule has 10 heteroatoms. The molecule has 1 saturated heterocycles. The van der Waals surface area contributed by atoms with Crippen molar-refractivity contribution in [2.24, 2.45) is 0 Å². The number of hydrazine groups is 1. The fraction of sp³-hybridized carbons (Fsp3) is 0.263. The number of benzene rings is 1. The molecule has 1 aromatic carbocycles. The minimum absolute atomic E-state index is 0.0198. The van der Waals surface area contributed by atoms with E-state index in [1.54, 1.807) is 17.4 Å². The van der Waals surface area contributed by atoms with E-state index in [-0.39, 0.29) is 23.5 Å². The fourth-order valence-corrected chi connectivity index (χ4v) is 4.90. The lowest BCUT2D eigenvalue weighted by Gasteiger charge is -2.26. The summed E-state index contributed by atoms with van der Waals surface area (Å²) in [5.41, 5.74) is 4.69. The van der Waals surface area contributed by atoms with Crippen LogP contribution in [0, 0.1) is 6.92 Å². The van der Waals surface area contributed by atoms with E-state index in [9.17, 15) is 18.0 Å². The molecule has 2 N–H and O–H groups in total. The Kier molecular flexibility index (Phi) is 6.80. The molecule has 1 aliphatic heterocycles. The van der Waals surface area contributed by atoms with Crippen LogP contribution in [0.2, 0.25) is 0 Å². The van der Waals surface area contributed by atoms with Gasteiger partial charge in [0.05, 0.1) is 18.1 Å². The van der Waals surface area contributed by atoms with Gasteiger partial charge in [0.15, 0.2) is 0 Å².